The molecular weight excluding hydrogens is 303 g/mol. The normalized spacial score (nSPS) is 15.1. The number of carbonyl (C=O) groups excluding carboxylic acids is 2. The van der Waals surface area contributed by atoms with Crippen LogP contribution in [0.3, 0.4) is 0 Å². The number of benzene rings is 2. The van der Waals surface area contributed by atoms with Gasteiger partial charge in [0.25, 0.3) is 0 Å². The average molecular weight is 320 g/mol. The highest BCUT2D eigenvalue weighted by Gasteiger charge is 2.29. The molecular formula is C19H17BO4. The van der Waals surface area contributed by atoms with E-state index in [0.717, 1.165) is 17.7 Å². The summed E-state index contributed by atoms with van der Waals surface area (Å²) >= 11 is 0. The van der Waals surface area contributed by atoms with Gasteiger partial charge in [-0.2, -0.15) is 0 Å². The molecule has 0 atom stereocenters. The second-order valence-corrected chi connectivity index (χ2v) is 6.47. The summed E-state index contributed by atoms with van der Waals surface area (Å²) in [6.45, 7) is 4.94. The van der Waals surface area contributed by atoms with E-state index in [2.05, 4.69) is 13.8 Å². The fourth-order valence-electron chi connectivity index (χ4n) is 2.72. The smallest absolute Gasteiger partial charge is 0.343 e. The summed E-state index contributed by atoms with van der Waals surface area (Å²) in [4.78, 5) is 23.4. The first-order valence-corrected chi connectivity index (χ1v) is 7.76. The summed E-state index contributed by atoms with van der Waals surface area (Å²) in [6, 6.07) is 11.5. The topological polar surface area (TPSA) is 52.6 Å². The van der Waals surface area contributed by atoms with Gasteiger partial charge in [0, 0.05) is 11.1 Å². The molecule has 0 aliphatic carbocycles. The van der Waals surface area contributed by atoms with Gasteiger partial charge in [0.15, 0.2) is 7.85 Å². The van der Waals surface area contributed by atoms with E-state index in [1.54, 1.807) is 18.2 Å². The van der Waals surface area contributed by atoms with Crippen molar-refractivity contribution in [2.45, 2.75) is 25.7 Å². The van der Waals surface area contributed by atoms with E-state index >= 15 is 0 Å². The molecule has 0 spiro atoms. The highest BCUT2D eigenvalue weighted by molar-refractivity contribution is 6.62. The maximum Gasteiger partial charge on any atom is 0.343 e. The van der Waals surface area contributed by atoms with Crippen molar-refractivity contribution in [3.8, 4) is 11.5 Å². The molecule has 0 amide bonds. The van der Waals surface area contributed by atoms with Crippen LogP contribution in [0.25, 0.3) is 0 Å². The zero-order valence-corrected chi connectivity index (χ0v) is 13.7. The molecule has 0 aromatic heterocycles. The molecule has 1 aliphatic rings. The number of esters is 1. The molecule has 0 N–H and O–H groups in total. The third-order valence-electron chi connectivity index (χ3n) is 4.28. The standard InChI is InChI=1S/C19H17BO4/c1-19(2)9-10-23-16-8-5-13(11-15(16)19)18(22)24-14-6-3-12(4-7-14)17(20)21/h3-8,11H,9-10H2,1-2H3. The van der Waals surface area contributed by atoms with Crippen molar-refractivity contribution in [1.82, 2.24) is 0 Å². The molecule has 0 fully saturated rings. The summed E-state index contributed by atoms with van der Waals surface area (Å²) in [5.74, 6) is 0.720. The molecule has 1 heterocycles. The summed E-state index contributed by atoms with van der Waals surface area (Å²) < 4.78 is 11.0. The van der Waals surface area contributed by atoms with Crippen LogP contribution in [-0.2, 0) is 5.41 Å². The Labute approximate surface area is 142 Å². The molecule has 24 heavy (non-hydrogen) atoms. The zero-order valence-electron chi connectivity index (χ0n) is 13.7. The quantitative estimate of drug-likeness (QED) is 0.495. The van der Waals surface area contributed by atoms with Gasteiger partial charge in [-0.1, -0.05) is 13.8 Å². The lowest BCUT2D eigenvalue weighted by Crippen LogP contribution is -2.27. The predicted molar refractivity (Wildman–Crippen MR) is 91.1 cm³/mol. The summed E-state index contributed by atoms with van der Waals surface area (Å²) in [6.07, 6.45) is 0.896. The van der Waals surface area contributed by atoms with Gasteiger partial charge < -0.3 is 14.3 Å². The van der Waals surface area contributed by atoms with Crippen LogP contribution in [0.2, 0.25) is 0 Å². The number of ether oxygens (including phenoxy) is 2. The summed E-state index contributed by atoms with van der Waals surface area (Å²) in [5.41, 5.74) is 1.26. The van der Waals surface area contributed by atoms with Gasteiger partial charge in [-0.25, -0.2) is 4.79 Å². The molecule has 2 aromatic rings. The summed E-state index contributed by atoms with van der Waals surface area (Å²) in [7, 11) is 5.19. The van der Waals surface area contributed by atoms with Gasteiger partial charge in [0.2, 0.25) is 0 Å². The molecule has 0 saturated heterocycles. The van der Waals surface area contributed by atoms with Gasteiger partial charge in [-0.3, -0.25) is 0 Å². The van der Waals surface area contributed by atoms with Crippen molar-refractivity contribution in [2.24, 2.45) is 0 Å². The van der Waals surface area contributed by atoms with Crippen molar-refractivity contribution >= 4 is 19.5 Å². The first-order valence-electron chi connectivity index (χ1n) is 7.76. The van der Waals surface area contributed by atoms with Gasteiger partial charge >= 0.3 is 5.97 Å². The Bertz CT molecular complexity index is 794. The van der Waals surface area contributed by atoms with E-state index < -0.39 is 11.7 Å². The van der Waals surface area contributed by atoms with Gasteiger partial charge in [0.1, 0.15) is 17.2 Å². The Morgan fingerprint density at radius 3 is 2.42 bits per heavy atom. The Morgan fingerprint density at radius 2 is 1.75 bits per heavy atom. The largest absolute Gasteiger partial charge is 0.493 e. The first kappa shape index (κ1) is 16.3. The SMILES string of the molecule is [B]C(=O)c1ccc(OC(=O)c2ccc3c(c2)C(C)(C)CCO3)cc1. The monoisotopic (exact) mass is 320 g/mol. The van der Waals surface area contributed by atoms with E-state index in [0.29, 0.717) is 23.5 Å². The van der Waals surface area contributed by atoms with Crippen LogP contribution in [0.5, 0.6) is 11.5 Å². The molecule has 4 nitrogen and oxygen atoms in total. The molecule has 120 valence electrons. The third-order valence-corrected chi connectivity index (χ3v) is 4.28. The minimum atomic E-state index is -0.523. The minimum Gasteiger partial charge on any atom is -0.493 e. The number of carbonyl (C=O) groups is 2. The van der Waals surface area contributed by atoms with Crippen LogP contribution in [0.15, 0.2) is 42.5 Å². The number of hydrogen-bond donors (Lipinski definition) is 0. The maximum atomic E-state index is 12.4. The van der Waals surface area contributed by atoms with Gasteiger partial charge in [0.05, 0.1) is 12.2 Å². The number of hydrogen-bond acceptors (Lipinski definition) is 4. The van der Waals surface area contributed by atoms with E-state index in [1.165, 1.54) is 12.1 Å². The Hall–Kier alpha value is -2.56. The minimum absolute atomic E-state index is 0.0486. The second kappa shape index (κ2) is 6.15. The van der Waals surface area contributed by atoms with Crippen LogP contribution in [0.1, 0.15) is 46.5 Å². The predicted octanol–water partition coefficient (Wildman–Crippen LogP) is 3.27. The molecule has 5 heteroatoms. The molecule has 2 aromatic carbocycles. The average Bonchev–Trinajstić information content (AvgIpc) is 2.55. The second-order valence-electron chi connectivity index (χ2n) is 6.47. The lowest BCUT2D eigenvalue weighted by atomic mass is 9.79. The highest BCUT2D eigenvalue weighted by Crippen LogP contribution is 2.38. The third kappa shape index (κ3) is 3.20. The molecule has 0 unspecified atom stereocenters. The van der Waals surface area contributed by atoms with Crippen LogP contribution < -0.4 is 9.47 Å². The Kier molecular flexibility index (Phi) is 4.18. The van der Waals surface area contributed by atoms with Crippen molar-refractivity contribution in [3.05, 3.63) is 59.2 Å². The fraction of sp³-hybridized carbons (Fsp3) is 0.263. The molecule has 1 aliphatic heterocycles. The van der Waals surface area contributed by atoms with E-state index in [-0.39, 0.29) is 5.41 Å². The Balaban J connectivity index is 1.82. The fourth-order valence-corrected chi connectivity index (χ4v) is 2.72. The van der Waals surface area contributed by atoms with E-state index in [4.69, 9.17) is 17.3 Å². The molecule has 0 bridgehead atoms. The van der Waals surface area contributed by atoms with Gasteiger partial charge in [-0.15, -0.1) is 0 Å². The summed E-state index contributed by atoms with van der Waals surface area (Å²) in [5, 5.41) is 0. The highest BCUT2D eigenvalue weighted by atomic mass is 16.5. The maximum absolute atomic E-state index is 12.4. The lowest BCUT2D eigenvalue weighted by molar-refractivity contribution is 0.0734. The van der Waals surface area contributed by atoms with E-state index in [1.807, 2.05) is 12.1 Å². The lowest BCUT2D eigenvalue weighted by Gasteiger charge is -2.32. The first-order chi connectivity index (χ1) is 11.4. The van der Waals surface area contributed by atoms with Crippen LogP contribution in [0, 0.1) is 0 Å². The number of fused-ring (bicyclic) bond motifs is 1. The molecule has 0 saturated carbocycles. The van der Waals surface area contributed by atoms with Crippen molar-refractivity contribution < 1.29 is 19.1 Å². The van der Waals surface area contributed by atoms with Crippen molar-refractivity contribution in [1.29, 1.82) is 0 Å². The van der Waals surface area contributed by atoms with Crippen LogP contribution in [-0.4, -0.2) is 26.1 Å². The van der Waals surface area contributed by atoms with Crippen molar-refractivity contribution in [3.63, 3.8) is 0 Å². The van der Waals surface area contributed by atoms with Gasteiger partial charge in [-0.05, 0) is 54.3 Å². The molecule has 2 radical (unpaired) electrons. The van der Waals surface area contributed by atoms with Crippen molar-refractivity contribution in [2.75, 3.05) is 6.61 Å². The van der Waals surface area contributed by atoms with Crippen LogP contribution in [0.4, 0.5) is 0 Å². The zero-order chi connectivity index (χ0) is 17.3. The molecule has 3 rings (SSSR count). The Morgan fingerprint density at radius 1 is 1.08 bits per heavy atom. The van der Waals surface area contributed by atoms with E-state index in [9.17, 15) is 9.59 Å². The number of rotatable bonds is 3. The van der Waals surface area contributed by atoms with Crippen LogP contribution >= 0.6 is 0 Å².